The Morgan fingerprint density at radius 1 is 1.44 bits per heavy atom. The fourth-order valence-electron chi connectivity index (χ4n) is 1.36. The molecule has 88 valence electrons. The van der Waals surface area contributed by atoms with Crippen LogP contribution in [0, 0.1) is 6.92 Å². The van der Waals surface area contributed by atoms with E-state index >= 15 is 0 Å². The van der Waals surface area contributed by atoms with Crippen LogP contribution < -0.4 is 10.5 Å². The van der Waals surface area contributed by atoms with Crippen LogP contribution >= 0.6 is 11.6 Å². The van der Waals surface area contributed by atoms with E-state index in [-0.39, 0.29) is 16.0 Å². The molecule has 0 radical (unpaired) electrons. The molecule has 0 spiro atoms. The number of hydrogen-bond acceptors (Lipinski definition) is 3. The molecule has 1 fully saturated rings. The first-order valence-electron chi connectivity index (χ1n) is 4.98. The van der Waals surface area contributed by atoms with Crippen molar-refractivity contribution in [2.45, 2.75) is 30.7 Å². The third-order valence-corrected chi connectivity index (χ3v) is 4.49. The van der Waals surface area contributed by atoms with Gasteiger partial charge in [-0.1, -0.05) is 11.6 Å². The number of benzene rings is 1. The van der Waals surface area contributed by atoms with Crippen LogP contribution in [0.25, 0.3) is 0 Å². The molecule has 1 aromatic rings. The largest absolute Gasteiger partial charge is 0.398 e. The Morgan fingerprint density at radius 3 is 2.62 bits per heavy atom. The van der Waals surface area contributed by atoms with Gasteiger partial charge in [-0.15, -0.1) is 0 Å². The Balaban J connectivity index is 2.42. The standard InChI is InChI=1S/C10H13ClN2O2S/c1-6-4-8(11)10(5-9(6)12)16(14,15)13-7-2-3-7/h4-5,7,13H,2-3,12H2,1H3. The van der Waals surface area contributed by atoms with Crippen molar-refractivity contribution in [2.75, 3.05) is 5.73 Å². The minimum Gasteiger partial charge on any atom is -0.398 e. The maximum absolute atomic E-state index is 11.9. The number of anilines is 1. The molecule has 1 aromatic carbocycles. The Hall–Kier alpha value is -0.780. The van der Waals surface area contributed by atoms with Crippen LogP contribution in [-0.2, 0) is 10.0 Å². The molecule has 0 saturated heterocycles. The van der Waals surface area contributed by atoms with Crippen molar-refractivity contribution < 1.29 is 8.42 Å². The van der Waals surface area contributed by atoms with Crippen LogP contribution in [0.5, 0.6) is 0 Å². The van der Waals surface area contributed by atoms with E-state index in [1.807, 2.05) is 0 Å². The quantitative estimate of drug-likeness (QED) is 0.812. The third kappa shape index (κ3) is 2.31. The smallest absolute Gasteiger partial charge is 0.242 e. The number of nitrogens with two attached hydrogens (primary N) is 1. The summed E-state index contributed by atoms with van der Waals surface area (Å²) in [5.41, 5.74) is 6.89. The summed E-state index contributed by atoms with van der Waals surface area (Å²) < 4.78 is 26.4. The number of hydrogen-bond donors (Lipinski definition) is 2. The summed E-state index contributed by atoms with van der Waals surface area (Å²) >= 11 is 5.92. The Morgan fingerprint density at radius 2 is 2.06 bits per heavy atom. The molecule has 0 atom stereocenters. The zero-order valence-electron chi connectivity index (χ0n) is 8.83. The van der Waals surface area contributed by atoms with Crippen LogP contribution in [0.15, 0.2) is 17.0 Å². The molecule has 1 aliphatic rings. The van der Waals surface area contributed by atoms with Crippen molar-refractivity contribution in [2.24, 2.45) is 0 Å². The minimum atomic E-state index is -3.53. The molecule has 2 rings (SSSR count). The highest BCUT2D eigenvalue weighted by Gasteiger charge is 2.29. The number of halogens is 1. The fourth-order valence-corrected chi connectivity index (χ4v) is 3.28. The lowest BCUT2D eigenvalue weighted by Crippen LogP contribution is -2.26. The highest BCUT2D eigenvalue weighted by Crippen LogP contribution is 2.29. The van der Waals surface area contributed by atoms with E-state index in [0.717, 1.165) is 18.4 Å². The first kappa shape index (κ1) is 11.7. The van der Waals surface area contributed by atoms with Gasteiger partial charge in [0.25, 0.3) is 0 Å². The number of nitrogens with one attached hydrogen (secondary N) is 1. The lowest BCUT2D eigenvalue weighted by molar-refractivity contribution is 0.581. The van der Waals surface area contributed by atoms with Gasteiger partial charge in [-0.05, 0) is 37.5 Å². The predicted molar refractivity (Wildman–Crippen MR) is 63.9 cm³/mol. The molecule has 0 aliphatic heterocycles. The van der Waals surface area contributed by atoms with Crippen LogP contribution in [0.4, 0.5) is 5.69 Å². The Bertz CT molecular complexity index is 524. The predicted octanol–water partition coefficient (Wildman–Crippen LogP) is 1.67. The van der Waals surface area contributed by atoms with Gasteiger partial charge >= 0.3 is 0 Å². The van der Waals surface area contributed by atoms with Crippen molar-refractivity contribution >= 4 is 27.3 Å². The van der Waals surface area contributed by atoms with Crippen LogP contribution in [0.2, 0.25) is 5.02 Å². The highest BCUT2D eigenvalue weighted by molar-refractivity contribution is 7.89. The van der Waals surface area contributed by atoms with Crippen molar-refractivity contribution in [1.82, 2.24) is 4.72 Å². The first-order valence-corrected chi connectivity index (χ1v) is 6.84. The monoisotopic (exact) mass is 260 g/mol. The summed E-state index contributed by atoms with van der Waals surface area (Å²) in [6.07, 6.45) is 1.77. The molecule has 1 aliphatic carbocycles. The summed E-state index contributed by atoms with van der Waals surface area (Å²) in [7, 11) is -3.53. The topological polar surface area (TPSA) is 72.2 Å². The molecular weight excluding hydrogens is 248 g/mol. The van der Waals surface area contributed by atoms with Crippen molar-refractivity contribution in [3.8, 4) is 0 Å². The van der Waals surface area contributed by atoms with Gasteiger partial charge in [0.2, 0.25) is 10.0 Å². The fraction of sp³-hybridized carbons (Fsp3) is 0.400. The normalized spacial score (nSPS) is 16.4. The molecule has 0 heterocycles. The van der Waals surface area contributed by atoms with Gasteiger partial charge in [-0.2, -0.15) is 0 Å². The van der Waals surface area contributed by atoms with E-state index in [2.05, 4.69) is 4.72 Å². The lowest BCUT2D eigenvalue weighted by atomic mass is 10.2. The van der Waals surface area contributed by atoms with Crippen molar-refractivity contribution in [3.05, 3.63) is 22.7 Å². The summed E-state index contributed by atoms with van der Waals surface area (Å²) in [5.74, 6) is 0. The first-order chi connectivity index (χ1) is 7.40. The van der Waals surface area contributed by atoms with E-state index in [9.17, 15) is 8.42 Å². The number of aryl methyl sites for hydroxylation is 1. The molecule has 6 heteroatoms. The molecule has 1 saturated carbocycles. The lowest BCUT2D eigenvalue weighted by Gasteiger charge is -2.09. The molecule has 0 unspecified atom stereocenters. The van der Waals surface area contributed by atoms with Gasteiger partial charge in [0.15, 0.2) is 0 Å². The maximum Gasteiger partial charge on any atom is 0.242 e. The van der Waals surface area contributed by atoms with Gasteiger partial charge in [0.05, 0.1) is 5.02 Å². The summed E-state index contributed by atoms with van der Waals surface area (Å²) in [5, 5.41) is 0.208. The zero-order chi connectivity index (χ0) is 11.9. The summed E-state index contributed by atoms with van der Waals surface area (Å²) in [6.45, 7) is 1.78. The maximum atomic E-state index is 11.9. The van der Waals surface area contributed by atoms with Gasteiger partial charge in [-0.25, -0.2) is 13.1 Å². The van der Waals surface area contributed by atoms with Gasteiger partial charge in [0, 0.05) is 11.7 Å². The molecule has 16 heavy (non-hydrogen) atoms. The molecular formula is C10H13ClN2O2S. The van der Waals surface area contributed by atoms with E-state index < -0.39 is 10.0 Å². The molecule has 0 amide bonds. The van der Waals surface area contributed by atoms with Gasteiger partial charge in [-0.3, -0.25) is 0 Å². The molecule has 0 bridgehead atoms. The zero-order valence-corrected chi connectivity index (χ0v) is 10.4. The summed E-state index contributed by atoms with van der Waals surface area (Å²) in [4.78, 5) is 0.0594. The average Bonchev–Trinajstić information content (AvgIpc) is 2.94. The Labute approximate surface area is 99.8 Å². The van der Waals surface area contributed by atoms with Gasteiger partial charge < -0.3 is 5.73 Å². The van der Waals surface area contributed by atoms with E-state index in [1.165, 1.54) is 6.07 Å². The van der Waals surface area contributed by atoms with Crippen molar-refractivity contribution in [3.63, 3.8) is 0 Å². The molecule has 3 N–H and O–H groups in total. The number of nitrogen functional groups attached to an aromatic ring is 1. The summed E-state index contributed by atoms with van der Waals surface area (Å²) in [6, 6.07) is 3.03. The highest BCUT2D eigenvalue weighted by atomic mass is 35.5. The Kier molecular flexibility index (Phi) is 2.86. The average molecular weight is 261 g/mol. The number of sulfonamides is 1. The third-order valence-electron chi connectivity index (χ3n) is 2.51. The molecule has 4 nitrogen and oxygen atoms in total. The van der Waals surface area contributed by atoms with Crippen molar-refractivity contribution in [1.29, 1.82) is 0 Å². The van der Waals surface area contributed by atoms with E-state index in [4.69, 9.17) is 17.3 Å². The second kappa shape index (κ2) is 3.91. The minimum absolute atomic E-state index is 0.0589. The van der Waals surface area contributed by atoms with Crippen LogP contribution in [0.3, 0.4) is 0 Å². The second-order valence-electron chi connectivity index (χ2n) is 4.03. The second-order valence-corrected chi connectivity index (χ2v) is 6.12. The van der Waals surface area contributed by atoms with Crippen LogP contribution in [-0.4, -0.2) is 14.5 Å². The van der Waals surface area contributed by atoms with Gasteiger partial charge in [0.1, 0.15) is 4.90 Å². The number of rotatable bonds is 3. The SMILES string of the molecule is Cc1cc(Cl)c(S(=O)(=O)NC2CC2)cc1N. The van der Waals surface area contributed by atoms with Crippen LogP contribution in [0.1, 0.15) is 18.4 Å². The van der Waals surface area contributed by atoms with E-state index in [0.29, 0.717) is 5.69 Å². The van der Waals surface area contributed by atoms with E-state index in [1.54, 1.807) is 13.0 Å². The molecule has 0 aromatic heterocycles.